The molecular weight excluding hydrogens is 200 g/mol. The largest absolute Gasteiger partial charge is 0.335 e. The summed E-state index contributed by atoms with van der Waals surface area (Å²) in [4.78, 5) is 10.8. The van der Waals surface area contributed by atoms with E-state index in [1.165, 1.54) is 0 Å². The van der Waals surface area contributed by atoms with Gasteiger partial charge >= 0.3 is 0 Å². The predicted octanol–water partition coefficient (Wildman–Crippen LogP) is 1.51. The van der Waals surface area contributed by atoms with Crippen molar-refractivity contribution in [2.75, 3.05) is 20.6 Å². The van der Waals surface area contributed by atoms with E-state index in [2.05, 4.69) is 33.5 Å². The Morgan fingerprint density at radius 1 is 1.19 bits per heavy atom. The Morgan fingerprint density at radius 2 is 2.06 bits per heavy atom. The molecule has 0 aliphatic rings. The van der Waals surface area contributed by atoms with E-state index in [0.717, 1.165) is 24.5 Å². The van der Waals surface area contributed by atoms with Gasteiger partial charge in [-0.2, -0.15) is 0 Å². The lowest BCUT2D eigenvalue weighted by Crippen LogP contribution is -2.17. The molecule has 0 aliphatic heterocycles. The molecule has 0 aliphatic carbocycles. The Morgan fingerprint density at radius 3 is 2.75 bits per heavy atom. The van der Waals surface area contributed by atoms with Gasteiger partial charge in [0.1, 0.15) is 5.69 Å². The number of pyridine rings is 1. The van der Waals surface area contributed by atoms with Crippen LogP contribution >= 0.6 is 0 Å². The van der Waals surface area contributed by atoms with Crippen LogP contribution in [0.4, 0.5) is 0 Å². The van der Waals surface area contributed by atoms with E-state index >= 15 is 0 Å². The molecule has 4 nitrogen and oxygen atoms in total. The van der Waals surface area contributed by atoms with Gasteiger partial charge in [0, 0.05) is 25.5 Å². The Labute approximate surface area is 95.6 Å². The lowest BCUT2D eigenvalue weighted by atomic mass is 10.3. The third-order valence-corrected chi connectivity index (χ3v) is 2.37. The van der Waals surface area contributed by atoms with Crippen molar-refractivity contribution >= 4 is 0 Å². The maximum Gasteiger partial charge on any atom is 0.107 e. The minimum atomic E-state index is 0.922. The van der Waals surface area contributed by atoms with Gasteiger partial charge in [-0.05, 0) is 26.2 Å². The number of rotatable bonds is 4. The van der Waals surface area contributed by atoms with Gasteiger partial charge in [0.25, 0.3) is 0 Å². The van der Waals surface area contributed by atoms with E-state index in [1.807, 2.05) is 30.7 Å². The number of nitrogens with zero attached hydrogens (tertiary/aromatic N) is 4. The number of imidazole rings is 1. The maximum absolute atomic E-state index is 4.35. The normalized spacial score (nSPS) is 10.9. The maximum atomic E-state index is 4.35. The average Bonchev–Trinajstić information content (AvgIpc) is 2.76. The summed E-state index contributed by atoms with van der Waals surface area (Å²) in [6.45, 7) is 1.96. The quantitative estimate of drug-likeness (QED) is 0.776. The predicted molar refractivity (Wildman–Crippen MR) is 64.0 cm³/mol. The molecule has 0 amide bonds. The van der Waals surface area contributed by atoms with Crippen LogP contribution in [-0.4, -0.2) is 40.1 Å². The summed E-state index contributed by atoms with van der Waals surface area (Å²) in [6, 6.07) is 5.85. The van der Waals surface area contributed by atoms with E-state index in [4.69, 9.17) is 0 Å². The highest BCUT2D eigenvalue weighted by Gasteiger charge is 2.02. The Balaban J connectivity index is 2.08. The second-order valence-electron chi connectivity index (χ2n) is 4.01. The first kappa shape index (κ1) is 10.8. The zero-order valence-corrected chi connectivity index (χ0v) is 9.67. The third-order valence-electron chi connectivity index (χ3n) is 2.37. The first-order valence-electron chi connectivity index (χ1n) is 5.33. The third kappa shape index (κ3) is 2.67. The molecular formula is C12H16N4. The van der Waals surface area contributed by atoms with Crippen molar-refractivity contribution in [3.63, 3.8) is 0 Å². The van der Waals surface area contributed by atoms with Gasteiger partial charge in [0.15, 0.2) is 0 Å². The van der Waals surface area contributed by atoms with Crippen molar-refractivity contribution in [2.24, 2.45) is 0 Å². The van der Waals surface area contributed by atoms with Crippen LogP contribution in [0.5, 0.6) is 0 Å². The Bertz CT molecular complexity index is 433. The number of hydrogen-bond acceptors (Lipinski definition) is 3. The van der Waals surface area contributed by atoms with E-state index in [9.17, 15) is 0 Å². The highest BCUT2D eigenvalue weighted by Crippen LogP contribution is 2.12. The highest BCUT2D eigenvalue weighted by molar-refractivity contribution is 5.52. The summed E-state index contributed by atoms with van der Waals surface area (Å²) in [5.74, 6) is 0. The molecule has 4 heteroatoms. The molecule has 0 N–H and O–H groups in total. The molecule has 2 aromatic rings. The molecule has 2 aromatic heterocycles. The molecule has 0 bridgehead atoms. The van der Waals surface area contributed by atoms with Gasteiger partial charge in [0.2, 0.25) is 0 Å². The summed E-state index contributed by atoms with van der Waals surface area (Å²) < 4.78 is 2.09. The molecule has 84 valence electrons. The van der Waals surface area contributed by atoms with Gasteiger partial charge in [-0.25, -0.2) is 4.98 Å². The Kier molecular flexibility index (Phi) is 3.31. The zero-order chi connectivity index (χ0) is 11.4. The van der Waals surface area contributed by atoms with Crippen molar-refractivity contribution in [3.05, 3.63) is 36.9 Å². The van der Waals surface area contributed by atoms with Crippen molar-refractivity contribution in [1.29, 1.82) is 0 Å². The molecule has 0 atom stereocenters. The van der Waals surface area contributed by atoms with Crippen LogP contribution in [0.25, 0.3) is 11.4 Å². The lowest BCUT2D eigenvalue weighted by Gasteiger charge is -2.08. The van der Waals surface area contributed by atoms with Crippen LogP contribution in [0.15, 0.2) is 36.9 Å². The van der Waals surface area contributed by atoms with Gasteiger partial charge in [-0.3, -0.25) is 4.98 Å². The van der Waals surface area contributed by atoms with Crippen LogP contribution in [0.2, 0.25) is 0 Å². The van der Waals surface area contributed by atoms with Gasteiger partial charge < -0.3 is 9.47 Å². The molecule has 0 radical (unpaired) electrons. The smallest absolute Gasteiger partial charge is 0.107 e. The van der Waals surface area contributed by atoms with Crippen molar-refractivity contribution < 1.29 is 0 Å². The molecule has 0 saturated carbocycles. The molecule has 0 aromatic carbocycles. The average molecular weight is 216 g/mol. The van der Waals surface area contributed by atoms with Gasteiger partial charge in [-0.15, -0.1) is 0 Å². The number of hydrogen-bond donors (Lipinski definition) is 0. The van der Waals surface area contributed by atoms with Crippen molar-refractivity contribution in [2.45, 2.75) is 6.54 Å². The molecule has 2 heterocycles. The van der Waals surface area contributed by atoms with Crippen LogP contribution in [0.1, 0.15) is 0 Å². The summed E-state index contributed by atoms with van der Waals surface area (Å²) in [5.41, 5.74) is 1.85. The second-order valence-corrected chi connectivity index (χ2v) is 4.01. The first-order valence-corrected chi connectivity index (χ1v) is 5.33. The molecule has 0 saturated heterocycles. The standard InChI is InChI=1S/C12H16N4/c1-15(2)7-8-16-9-12(14-10-16)11-5-3-4-6-13-11/h3-6,9-10H,7-8H2,1-2H3. The van der Waals surface area contributed by atoms with E-state index in [1.54, 1.807) is 6.20 Å². The molecule has 16 heavy (non-hydrogen) atoms. The SMILES string of the molecule is CN(C)CCn1cnc(-c2ccccn2)c1. The summed E-state index contributed by atoms with van der Waals surface area (Å²) >= 11 is 0. The van der Waals surface area contributed by atoms with E-state index < -0.39 is 0 Å². The van der Waals surface area contributed by atoms with Crippen molar-refractivity contribution in [1.82, 2.24) is 19.4 Å². The summed E-state index contributed by atoms with van der Waals surface area (Å²) in [7, 11) is 4.13. The van der Waals surface area contributed by atoms with Crippen LogP contribution in [-0.2, 0) is 6.54 Å². The topological polar surface area (TPSA) is 34.0 Å². The molecule has 2 rings (SSSR count). The minimum Gasteiger partial charge on any atom is -0.335 e. The minimum absolute atomic E-state index is 0.922. The van der Waals surface area contributed by atoms with Gasteiger partial charge in [0.05, 0.1) is 12.0 Å². The second kappa shape index (κ2) is 4.90. The van der Waals surface area contributed by atoms with Crippen molar-refractivity contribution in [3.8, 4) is 11.4 Å². The van der Waals surface area contributed by atoms with Crippen LogP contribution in [0.3, 0.4) is 0 Å². The highest BCUT2D eigenvalue weighted by atomic mass is 15.1. The van der Waals surface area contributed by atoms with E-state index in [-0.39, 0.29) is 0 Å². The lowest BCUT2D eigenvalue weighted by molar-refractivity contribution is 0.384. The summed E-state index contributed by atoms with van der Waals surface area (Å²) in [5, 5.41) is 0. The van der Waals surface area contributed by atoms with Gasteiger partial charge in [-0.1, -0.05) is 6.07 Å². The fourth-order valence-corrected chi connectivity index (χ4v) is 1.44. The molecule has 0 fully saturated rings. The number of aromatic nitrogens is 3. The zero-order valence-electron chi connectivity index (χ0n) is 9.67. The summed E-state index contributed by atoms with van der Waals surface area (Å²) in [6.07, 6.45) is 5.67. The van der Waals surface area contributed by atoms with Crippen LogP contribution < -0.4 is 0 Å². The Hall–Kier alpha value is -1.68. The fourth-order valence-electron chi connectivity index (χ4n) is 1.44. The first-order chi connectivity index (χ1) is 7.75. The van der Waals surface area contributed by atoms with Crippen LogP contribution in [0, 0.1) is 0 Å². The monoisotopic (exact) mass is 216 g/mol. The fraction of sp³-hybridized carbons (Fsp3) is 0.333. The number of likely N-dealkylation sites (N-methyl/N-ethyl adjacent to an activating group) is 1. The molecule has 0 unspecified atom stereocenters. The molecule has 0 spiro atoms. The van der Waals surface area contributed by atoms with E-state index in [0.29, 0.717) is 0 Å².